The second-order valence-electron chi connectivity index (χ2n) is 5.59. The molecule has 3 rings (SSSR count). The average molecular weight is 323 g/mol. The first kappa shape index (κ1) is 15.7. The number of nitrogens with one attached hydrogen (secondary N) is 2. The number of amides is 2. The summed E-state index contributed by atoms with van der Waals surface area (Å²) in [6.45, 7) is 0.780. The minimum absolute atomic E-state index is 0.0306. The normalized spacial score (nSPS) is 18.7. The molecule has 23 heavy (non-hydrogen) atoms. The fraction of sp³-hybridized carbons (Fsp3) is 0.467. The number of carbonyl (C=O) groups is 1. The molecule has 2 N–H and O–H groups in total. The summed E-state index contributed by atoms with van der Waals surface area (Å²) in [7, 11) is 0. The number of anilines is 1. The lowest BCUT2D eigenvalue weighted by molar-refractivity contribution is 0.0826. The summed E-state index contributed by atoms with van der Waals surface area (Å²) in [4.78, 5) is 17.9. The van der Waals surface area contributed by atoms with Crippen LogP contribution in [0.25, 0.3) is 5.65 Å². The van der Waals surface area contributed by atoms with Crippen LogP contribution in [0.2, 0.25) is 0 Å². The van der Waals surface area contributed by atoms with E-state index in [0.717, 1.165) is 18.5 Å². The van der Waals surface area contributed by atoms with Crippen molar-refractivity contribution < 1.29 is 13.6 Å². The highest BCUT2D eigenvalue weighted by Crippen LogP contribution is 2.18. The Morgan fingerprint density at radius 1 is 1.43 bits per heavy atom. The Bertz CT molecular complexity index is 675. The monoisotopic (exact) mass is 323 g/mol. The van der Waals surface area contributed by atoms with Crippen LogP contribution in [0.15, 0.2) is 30.6 Å². The van der Waals surface area contributed by atoms with Gasteiger partial charge in [0.2, 0.25) is 0 Å². The van der Waals surface area contributed by atoms with Gasteiger partial charge >= 0.3 is 6.03 Å². The molecule has 1 unspecified atom stereocenters. The van der Waals surface area contributed by atoms with Crippen molar-refractivity contribution in [1.82, 2.24) is 19.6 Å². The van der Waals surface area contributed by atoms with Crippen LogP contribution in [-0.4, -0.2) is 52.4 Å². The average Bonchev–Trinajstić information content (AvgIpc) is 3.12. The van der Waals surface area contributed by atoms with Gasteiger partial charge in [-0.25, -0.2) is 18.6 Å². The highest BCUT2D eigenvalue weighted by atomic mass is 19.3. The molecule has 1 saturated heterocycles. The van der Waals surface area contributed by atoms with E-state index in [9.17, 15) is 13.6 Å². The number of fused-ring (bicyclic) bond motifs is 1. The Hall–Kier alpha value is -2.22. The molecule has 0 aromatic carbocycles. The van der Waals surface area contributed by atoms with E-state index in [1.54, 1.807) is 21.7 Å². The lowest BCUT2D eigenvalue weighted by Crippen LogP contribution is -2.43. The smallest absolute Gasteiger partial charge is 0.320 e. The largest absolute Gasteiger partial charge is 0.336 e. The van der Waals surface area contributed by atoms with E-state index in [0.29, 0.717) is 18.9 Å². The number of imidazole rings is 1. The van der Waals surface area contributed by atoms with E-state index in [1.165, 1.54) is 0 Å². The maximum atomic E-state index is 12.5. The lowest BCUT2D eigenvalue weighted by Gasteiger charge is -2.24. The molecule has 0 bridgehead atoms. The Morgan fingerprint density at radius 3 is 3.13 bits per heavy atom. The van der Waals surface area contributed by atoms with Crippen molar-refractivity contribution in [2.45, 2.75) is 25.3 Å². The van der Waals surface area contributed by atoms with Gasteiger partial charge in [-0.3, -0.25) is 14.6 Å². The van der Waals surface area contributed by atoms with Crippen LogP contribution in [0.1, 0.15) is 12.8 Å². The molecule has 8 heteroatoms. The Kier molecular flexibility index (Phi) is 4.71. The van der Waals surface area contributed by atoms with Crippen molar-refractivity contribution in [3.8, 4) is 0 Å². The van der Waals surface area contributed by atoms with Crippen LogP contribution in [0.3, 0.4) is 0 Å². The van der Waals surface area contributed by atoms with Crippen LogP contribution in [0.5, 0.6) is 0 Å². The topological polar surface area (TPSA) is 61.7 Å². The zero-order valence-corrected chi connectivity index (χ0v) is 12.6. The molecule has 0 saturated carbocycles. The highest BCUT2D eigenvalue weighted by Gasteiger charge is 2.26. The minimum Gasteiger partial charge on any atom is -0.336 e. The standard InChI is InChI=1S/C15H19F2N5O/c16-12(17)10-21-6-3-4-11(21)8-19-15(23)20-14-9-18-13-5-1-2-7-22(13)14/h1-2,5,7,9,11-12H,3-4,6,8,10H2,(H2,19,20,23). The number of urea groups is 1. The first-order valence-electron chi connectivity index (χ1n) is 7.62. The number of halogens is 2. The number of nitrogens with zero attached hydrogens (tertiary/aromatic N) is 3. The van der Waals surface area contributed by atoms with Crippen molar-refractivity contribution in [1.29, 1.82) is 0 Å². The van der Waals surface area contributed by atoms with Gasteiger partial charge < -0.3 is 5.32 Å². The molecular formula is C15H19F2N5O. The summed E-state index contributed by atoms with van der Waals surface area (Å²) in [6.07, 6.45) is 2.74. The van der Waals surface area contributed by atoms with E-state index in [4.69, 9.17) is 0 Å². The van der Waals surface area contributed by atoms with E-state index in [1.807, 2.05) is 18.2 Å². The molecule has 2 amide bonds. The number of rotatable bonds is 5. The summed E-state index contributed by atoms with van der Waals surface area (Å²) in [5.74, 6) is 0.564. The molecule has 3 heterocycles. The number of carbonyl (C=O) groups excluding carboxylic acids is 1. The molecule has 0 spiro atoms. The van der Waals surface area contributed by atoms with Crippen LogP contribution < -0.4 is 10.6 Å². The fourth-order valence-electron chi connectivity index (χ4n) is 2.94. The molecule has 2 aromatic heterocycles. The van der Waals surface area contributed by atoms with Crippen molar-refractivity contribution >= 4 is 17.5 Å². The van der Waals surface area contributed by atoms with E-state index >= 15 is 0 Å². The fourth-order valence-corrected chi connectivity index (χ4v) is 2.94. The predicted octanol–water partition coefficient (Wildman–Crippen LogP) is 2.19. The zero-order chi connectivity index (χ0) is 16.2. The SMILES string of the molecule is O=C(NCC1CCCN1CC(F)F)Nc1cnc2ccccn12. The third kappa shape index (κ3) is 3.76. The van der Waals surface area contributed by atoms with Crippen LogP contribution >= 0.6 is 0 Å². The molecule has 2 aromatic rings. The quantitative estimate of drug-likeness (QED) is 0.887. The Morgan fingerprint density at radius 2 is 2.30 bits per heavy atom. The van der Waals surface area contributed by atoms with Crippen LogP contribution in [0, 0.1) is 0 Å². The minimum atomic E-state index is -2.34. The van der Waals surface area contributed by atoms with Crippen molar-refractivity contribution in [3.05, 3.63) is 30.6 Å². The molecular weight excluding hydrogens is 304 g/mol. The van der Waals surface area contributed by atoms with Gasteiger partial charge in [-0.2, -0.15) is 0 Å². The third-order valence-corrected chi connectivity index (χ3v) is 4.03. The summed E-state index contributed by atoms with van der Waals surface area (Å²) < 4.78 is 26.8. The number of hydrogen-bond donors (Lipinski definition) is 2. The summed E-state index contributed by atoms with van der Waals surface area (Å²) in [5, 5.41) is 5.48. The summed E-state index contributed by atoms with van der Waals surface area (Å²) in [5.41, 5.74) is 0.738. The first-order valence-corrected chi connectivity index (χ1v) is 7.62. The molecule has 0 aliphatic carbocycles. The highest BCUT2D eigenvalue weighted by molar-refractivity contribution is 5.88. The van der Waals surface area contributed by atoms with E-state index in [-0.39, 0.29) is 18.6 Å². The third-order valence-electron chi connectivity index (χ3n) is 4.03. The molecule has 1 atom stereocenters. The van der Waals surface area contributed by atoms with Crippen LogP contribution in [0.4, 0.5) is 19.4 Å². The van der Waals surface area contributed by atoms with Gasteiger partial charge in [0.25, 0.3) is 6.43 Å². The number of pyridine rings is 1. The van der Waals surface area contributed by atoms with Gasteiger partial charge in [-0.15, -0.1) is 0 Å². The summed E-state index contributed by atoms with van der Waals surface area (Å²) >= 11 is 0. The van der Waals surface area contributed by atoms with Gasteiger partial charge in [0, 0.05) is 18.8 Å². The lowest BCUT2D eigenvalue weighted by atomic mass is 10.2. The van der Waals surface area contributed by atoms with Gasteiger partial charge in [0.15, 0.2) is 0 Å². The second kappa shape index (κ2) is 6.91. The van der Waals surface area contributed by atoms with Crippen molar-refractivity contribution in [3.63, 3.8) is 0 Å². The van der Waals surface area contributed by atoms with Crippen LogP contribution in [-0.2, 0) is 0 Å². The number of likely N-dealkylation sites (tertiary alicyclic amines) is 1. The number of alkyl halides is 2. The number of hydrogen-bond acceptors (Lipinski definition) is 3. The molecule has 1 aliphatic heterocycles. The predicted molar refractivity (Wildman–Crippen MR) is 82.8 cm³/mol. The van der Waals surface area contributed by atoms with Gasteiger partial charge in [-0.1, -0.05) is 6.07 Å². The molecule has 6 nitrogen and oxygen atoms in total. The Labute approximate surface area is 132 Å². The zero-order valence-electron chi connectivity index (χ0n) is 12.6. The first-order chi connectivity index (χ1) is 11.1. The molecule has 1 aliphatic rings. The second-order valence-corrected chi connectivity index (χ2v) is 5.59. The molecule has 1 fully saturated rings. The van der Waals surface area contributed by atoms with Gasteiger partial charge in [0.05, 0.1) is 12.7 Å². The van der Waals surface area contributed by atoms with Crippen molar-refractivity contribution in [2.24, 2.45) is 0 Å². The van der Waals surface area contributed by atoms with Gasteiger partial charge in [0.1, 0.15) is 11.5 Å². The van der Waals surface area contributed by atoms with Crippen molar-refractivity contribution in [2.75, 3.05) is 25.0 Å². The molecule has 0 radical (unpaired) electrons. The van der Waals surface area contributed by atoms with Gasteiger partial charge in [-0.05, 0) is 31.5 Å². The number of aromatic nitrogens is 2. The molecule has 124 valence electrons. The maximum absolute atomic E-state index is 12.5. The van der Waals surface area contributed by atoms with E-state index < -0.39 is 6.43 Å². The maximum Gasteiger partial charge on any atom is 0.320 e. The Balaban J connectivity index is 1.53. The van der Waals surface area contributed by atoms with E-state index in [2.05, 4.69) is 15.6 Å². The summed E-state index contributed by atoms with van der Waals surface area (Å²) in [6, 6.07) is 5.16.